The maximum absolute atomic E-state index is 12.4. The SMILES string of the molecule is CC[C@@H]1CN(C(=O)Cc2csc(-c3ccccn3)n2)CCO1. The summed E-state index contributed by atoms with van der Waals surface area (Å²) in [6.07, 6.45) is 3.20. The molecule has 0 radical (unpaired) electrons. The fraction of sp³-hybridized carbons (Fsp3) is 0.438. The zero-order valence-electron chi connectivity index (χ0n) is 12.6. The van der Waals surface area contributed by atoms with Gasteiger partial charge in [0.15, 0.2) is 0 Å². The third-order valence-corrected chi connectivity index (χ3v) is 4.63. The van der Waals surface area contributed by atoms with Gasteiger partial charge in [0.2, 0.25) is 5.91 Å². The molecule has 0 unspecified atom stereocenters. The lowest BCUT2D eigenvalue weighted by Crippen LogP contribution is -2.46. The largest absolute Gasteiger partial charge is 0.375 e. The highest BCUT2D eigenvalue weighted by atomic mass is 32.1. The number of nitrogens with zero attached hydrogens (tertiary/aromatic N) is 3. The van der Waals surface area contributed by atoms with Crippen LogP contribution < -0.4 is 0 Å². The van der Waals surface area contributed by atoms with E-state index < -0.39 is 0 Å². The van der Waals surface area contributed by atoms with E-state index in [1.165, 1.54) is 11.3 Å². The quantitative estimate of drug-likeness (QED) is 0.869. The van der Waals surface area contributed by atoms with E-state index in [4.69, 9.17) is 4.74 Å². The van der Waals surface area contributed by atoms with E-state index in [0.29, 0.717) is 26.1 Å². The predicted molar refractivity (Wildman–Crippen MR) is 85.7 cm³/mol. The van der Waals surface area contributed by atoms with Gasteiger partial charge in [0.25, 0.3) is 0 Å². The Balaban J connectivity index is 1.64. The van der Waals surface area contributed by atoms with Gasteiger partial charge in [-0.05, 0) is 18.6 Å². The van der Waals surface area contributed by atoms with Crippen LogP contribution in [0.4, 0.5) is 0 Å². The van der Waals surface area contributed by atoms with Gasteiger partial charge in [-0.3, -0.25) is 9.78 Å². The number of aromatic nitrogens is 2. The van der Waals surface area contributed by atoms with Crippen molar-refractivity contribution in [3.8, 4) is 10.7 Å². The van der Waals surface area contributed by atoms with Crippen LogP contribution in [0, 0.1) is 0 Å². The molecule has 1 aliphatic heterocycles. The first-order chi connectivity index (χ1) is 10.8. The molecule has 1 fully saturated rings. The van der Waals surface area contributed by atoms with Crippen molar-refractivity contribution >= 4 is 17.2 Å². The minimum atomic E-state index is 0.125. The van der Waals surface area contributed by atoms with Crippen molar-refractivity contribution in [2.24, 2.45) is 0 Å². The third kappa shape index (κ3) is 3.51. The number of amides is 1. The summed E-state index contributed by atoms with van der Waals surface area (Å²) in [7, 11) is 0. The van der Waals surface area contributed by atoms with Gasteiger partial charge in [-0.1, -0.05) is 13.0 Å². The number of hydrogen-bond donors (Lipinski definition) is 0. The minimum absolute atomic E-state index is 0.125. The molecule has 1 saturated heterocycles. The Kier molecular flexibility index (Phi) is 4.80. The number of ether oxygens (including phenoxy) is 1. The number of morpholine rings is 1. The smallest absolute Gasteiger partial charge is 0.228 e. The van der Waals surface area contributed by atoms with E-state index in [1.54, 1.807) is 6.20 Å². The maximum Gasteiger partial charge on any atom is 0.228 e. The fourth-order valence-corrected chi connectivity index (χ4v) is 3.25. The number of rotatable bonds is 4. The molecule has 0 saturated carbocycles. The second-order valence-electron chi connectivity index (χ2n) is 5.28. The molecule has 0 aromatic carbocycles. The number of carbonyl (C=O) groups excluding carboxylic acids is 1. The van der Waals surface area contributed by atoms with Crippen LogP contribution in [-0.4, -0.2) is 46.6 Å². The van der Waals surface area contributed by atoms with Crippen LogP contribution in [0.25, 0.3) is 10.7 Å². The van der Waals surface area contributed by atoms with Crippen molar-refractivity contribution in [2.45, 2.75) is 25.9 Å². The zero-order valence-corrected chi connectivity index (χ0v) is 13.4. The summed E-state index contributed by atoms with van der Waals surface area (Å²) in [4.78, 5) is 23.1. The lowest BCUT2D eigenvalue weighted by Gasteiger charge is -2.32. The average Bonchev–Trinajstić information content (AvgIpc) is 3.04. The van der Waals surface area contributed by atoms with Gasteiger partial charge in [-0.15, -0.1) is 11.3 Å². The van der Waals surface area contributed by atoms with Crippen molar-refractivity contribution in [1.29, 1.82) is 0 Å². The Morgan fingerprint density at radius 1 is 1.50 bits per heavy atom. The molecule has 1 amide bonds. The first-order valence-electron chi connectivity index (χ1n) is 7.51. The Bertz CT molecular complexity index is 629. The number of carbonyl (C=O) groups is 1. The summed E-state index contributed by atoms with van der Waals surface area (Å²) in [6, 6.07) is 5.75. The Morgan fingerprint density at radius 2 is 2.41 bits per heavy atom. The van der Waals surface area contributed by atoms with E-state index in [2.05, 4.69) is 16.9 Å². The Hall–Kier alpha value is -1.79. The lowest BCUT2D eigenvalue weighted by molar-refractivity contribution is -0.138. The van der Waals surface area contributed by atoms with E-state index in [9.17, 15) is 4.79 Å². The minimum Gasteiger partial charge on any atom is -0.375 e. The standard InChI is InChI=1S/C16H19N3O2S/c1-2-13-10-19(7-8-21-13)15(20)9-12-11-22-16(18-12)14-5-3-4-6-17-14/h3-6,11,13H,2,7-10H2,1H3/t13-/m1/s1. The summed E-state index contributed by atoms with van der Waals surface area (Å²) in [5.74, 6) is 0.125. The van der Waals surface area contributed by atoms with Crippen LogP contribution in [0.1, 0.15) is 19.0 Å². The molecule has 0 spiro atoms. The number of thiazole rings is 1. The van der Waals surface area contributed by atoms with Crippen molar-refractivity contribution in [1.82, 2.24) is 14.9 Å². The monoisotopic (exact) mass is 317 g/mol. The van der Waals surface area contributed by atoms with Crippen LogP contribution >= 0.6 is 11.3 Å². The highest BCUT2D eigenvalue weighted by molar-refractivity contribution is 7.13. The molecule has 0 aliphatic carbocycles. The molecule has 116 valence electrons. The topological polar surface area (TPSA) is 55.3 Å². The molecule has 22 heavy (non-hydrogen) atoms. The van der Waals surface area contributed by atoms with Crippen molar-refractivity contribution in [2.75, 3.05) is 19.7 Å². The summed E-state index contributed by atoms with van der Waals surface area (Å²) in [5, 5.41) is 2.80. The lowest BCUT2D eigenvalue weighted by atomic mass is 10.2. The van der Waals surface area contributed by atoms with Crippen LogP contribution in [0.5, 0.6) is 0 Å². The van der Waals surface area contributed by atoms with Gasteiger partial charge in [0.05, 0.1) is 30.5 Å². The summed E-state index contributed by atoms with van der Waals surface area (Å²) >= 11 is 1.53. The van der Waals surface area contributed by atoms with E-state index in [-0.39, 0.29) is 12.0 Å². The number of pyridine rings is 1. The molecule has 3 rings (SSSR count). The van der Waals surface area contributed by atoms with Gasteiger partial charge >= 0.3 is 0 Å². The van der Waals surface area contributed by atoms with Gasteiger partial charge in [0, 0.05) is 24.7 Å². The average molecular weight is 317 g/mol. The Labute approximate surface area is 134 Å². The molecule has 2 aromatic rings. The second-order valence-corrected chi connectivity index (χ2v) is 6.13. The third-order valence-electron chi connectivity index (χ3n) is 3.71. The van der Waals surface area contributed by atoms with Crippen LogP contribution in [0.2, 0.25) is 0 Å². The molecule has 1 atom stereocenters. The first-order valence-corrected chi connectivity index (χ1v) is 8.39. The van der Waals surface area contributed by atoms with Crippen LogP contribution in [0.3, 0.4) is 0 Å². The zero-order chi connectivity index (χ0) is 15.4. The first kappa shape index (κ1) is 15.1. The van der Waals surface area contributed by atoms with E-state index >= 15 is 0 Å². The predicted octanol–water partition coefficient (Wildman–Crippen LogP) is 2.39. The molecular formula is C16H19N3O2S. The van der Waals surface area contributed by atoms with Crippen LogP contribution in [0.15, 0.2) is 29.8 Å². The normalized spacial score (nSPS) is 18.4. The van der Waals surface area contributed by atoms with Crippen molar-refractivity contribution in [3.05, 3.63) is 35.5 Å². The van der Waals surface area contributed by atoms with Crippen molar-refractivity contribution < 1.29 is 9.53 Å². The summed E-state index contributed by atoms with van der Waals surface area (Å²) < 4.78 is 5.60. The molecule has 5 nitrogen and oxygen atoms in total. The molecule has 3 heterocycles. The second kappa shape index (κ2) is 6.98. The fourth-order valence-electron chi connectivity index (χ4n) is 2.45. The molecule has 0 N–H and O–H groups in total. The molecule has 2 aromatic heterocycles. The van der Waals surface area contributed by atoms with Gasteiger partial charge in [0.1, 0.15) is 5.01 Å². The van der Waals surface area contributed by atoms with Crippen LogP contribution in [-0.2, 0) is 16.0 Å². The van der Waals surface area contributed by atoms with Gasteiger partial charge < -0.3 is 9.64 Å². The molecular weight excluding hydrogens is 298 g/mol. The highest BCUT2D eigenvalue weighted by Crippen LogP contribution is 2.22. The molecule has 6 heteroatoms. The van der Waals surface area contributed by atoms with E-state index in [1.807, 2.05) is 28.5 Å². The Morgan fingerprint density at radius 3 is 3.18 bits per heavy atom. The molecule has 0 bridgehead atoms. The van der Waals surface area contributed by atoms with Gasteiger partial charge in [-0.2, -0.15) is 0 Å². The number of hydrogen-bond acceptors (Lipinski definition) is 5. The van der Waals surface area contributed by atoms with E-state index in [0.717, 1.165) is 22.8 Å². The van der Waals surface area contributed by atoms with Gasteiger partial charge in [-0.25, -0.2) is 4.98 Å². The highest BCUT2D eigenvalue weighted by Gasteiger charge is 2.23. The maximum atomic E-state index is 12.4. The molecule has 1 aliphatic rings. The van der Waals surface area contributed by atoms with Crippen molar-refractivity contribution in [3.63, 3.8) is 0 Å². The summed E-state index contributed by atoms with van der Waals surface area (Å²) in [6.45, 7) is 4.07. The summed E-state index contributed by atoms with van der Waals surface area (Å²) in [5.41, 5.74) is 1.67.